The summed E-state index contributed by atoms with van der Waals surface area (Å²) in [6, 6.07) is 12.9. The van der Waals surface area contributed by atoms with Crippen LogP contribution in [0, 0.1) is 6.92 Å². The van der Waals surface area contributed by atoms with Crippen molar-refractivity contribution in [3.05, 3.63) is 59.2 Å². The summed E-state index contributed by atoms with van der Waals surface area (Å²) in [5, 5.41) is 10.5. The lowest BCUT2D eigenvalue weighted by molar-refractivity contribution is 0.102. The molecule has 0 saturated carbocycles. The normalized spacial score (nSPS) is 16.5. The molecular formula is C22H23N5O5S2. The molecule has 1 aromatic heterocycles. The van der Waals surface area contributed by atoms with Gasteiger partial charge in [-0.2, -0.15) is 4.31 Å². The van der Waals surface area contributed by atoms with Crippen LogP contribution in [-0.2, 0) is 16.6 Å². The lowest BCUT2D eigenvalue weighted by Crippen LogP contribution is -2.48. The van der Waals surface area contributed by atoms with E-state index >= 15 is 0 Å². The fraction of sp³-hybridized carbons (Fsp3) is 0.318. The van der Waals surface area contributed by atoms with Gasteiger partial charge in [-0.15, -0.1) is 10.2 Å². The molecule has 5 rings (SSSR count). The van der Waals surface area contributed by atoms with Crippen LogP contribution in [0.3, 0.4) is 0 Å². The van der Waals surface area contributed by atoms with E-state index in [0.717, 1.165) is 34.0 Å². The molecule has 0 bridgehead atoms. The van der Waals surface area contributed by atoms with Crippen LogP contribution in [-0.4, -0.2) is 66.7 Å². The molecule has 10 nitrogen and oxygen atoms in total. The highest BCUT2D eigenvalue weighted by molar-refractivity contribution is 7.91. The Morgan fingerprint density at radius 2 is 1.76 bits per heavy atom. The molecule has 2 aliphatic rings. The van der Waals surface area contributed by atoms with Crippen LogP contribution in [0.25, 0.3) is 0 Å². The number of amides is 1. The van der Waals surface area contributed by atoms with E-state index in [2.05, 4.69) is 20.4 Å². The quantitative estimate of drug-likeness (QED) is 0.512. The summed E-state index contributed by atoms with van der Waals surface area (Å²) in [5.41, 5.74) is 2.58. The number of benzene rings is 2. The first kappa shape index (κ1) is 22.7. The van der Waals surface area contributed by atoms with Gasteiger partial charge in [0.05, 0.1) is 0 Å². The summed E-state index contributed by atoms with van der Waals surface area (Å²) in [6.07, 6.45) is 0. The highest BCUT2D eigenvalue weighted by Crippen LogP contribution is 2.33. The molecule has 3 heterocycles. The van der Waals surface area contributed by atoms with E-state index in [1.54, 1.807) is 12.1 Å². The summed E-state index contributed by atoms with van der Waals surface area (Å²) in [4.78, 5) is 14.6. The maximum absolute atomic E-state index is 13.1. The van der Waals surface area contributed by atoms with E-state index in [1.165, 1.54) is 4.31 Å². The number of aromatic nitrogens is 2. The smallest absolute Gasteiger partial charge is 0.272 e. The largest absolute Gasteiger partial charge is 0.454 e. The number of rotatable bonds is 6. The zero-order valence-corrected chi connectivity index (χ0v) is 20.1. The maximum atomic E-state index is 13.1. The zero-order chi connectivity index (χ0) is 23.7. The number of sulfonamides is 1. The fourth-order valence-electron chi connectivity index (χ4n) is 3.77. The van der Waals surface area contributed by atoms with Crippen LogP contribution >= 0.6 is 11.3 Å². The molecule has 0 atom stereocenters. The van der Waals surface area contributed by atoms with Gasteiger partial charge in [0.2, 0.25) is 16.3 Å². The van der Waals surface area contributed by atoms with E-state index in [0.29, 0.717) is 38.3 Å². The van der Waals surface area contributed by atoms with E-state index in [4.69, 9.17) is 9.47 Å². The van der Waals surface area contributed by atoms with Gasteiger partial charge in [0.15, 0.2) is 11.5 Å². The molecular weight excluding hydrogens is 478 g/mol. The van der Waals surface area contributed by atoms with Crippen LogP contribution in [0.4, 0.5) is 5.13 Å². The Bertz CT molecular complexity index is 1300. The number of hydrogen-bond donors (Lipinski definition) is 1. The molecule has 34 heavy (non-hydrogen) atoms. The van der Waals surface area contributed by atoms with Crippen LogP contribution in [0.15, 0.2) is 46.8 Å². The monoisotopic (exact) mass is 501 g/mol. The summed E-state index contributed by atoms with van der Waals surface area (Å²) in [5.74, 6) is 1.11. The molecule has 0 radical (unpaired) electrons. The average Bonchev–Trinajstić information content (AvgIpc) is 3.49. The highest BCUT2D eigenvalue weighted by atomic mass is 32.2. The summed E-state index contributed by atoms with van der Waals surface area (Å²) in [6.45, 7) is 4.72. The van der Waals surface area contributed by atoms with E-state index in [-0.39, 0.29) is 22.2 Å². The zero-order valence-electron chi connectivity index (χ0n) is 18.4. The summed E-state index contributed by atoms with van der Waals surface area (Å²) < 4.78 is 38.2. The third kappa shape index (κ3) is 4.75. The van der Waals surface area contributed by atoms with Crippen molar-refractivity contribution in [3.63, 3.8) is 0 Å². The van der Waals surface area contributed by atoms with Crippen molar-refractivity contribution in [2.24, 2.45) is 0 Å². The SMILES string of the molecule is Cc1ccc(C(=O)Nc2nnc(S(=O)(=O)N3CCN(Cc4ccc5c(c4)OCO5)CC3)s2)cc1. The lowest BCUT2D eigenvalue weighted by atomic mass is 10.1. The molecule has 1 saturated heterocycles. The number of aryl methyl sites for hydroxylation is 1. The molecule has 0 aliphatic carbocycles. The van der Waals surface area contributed by atoms with E-state index in [1.807, 2.05) is 37.3 Å². The number of nitrogens with zero attached hydrogens (tertiary/aromatic N) is 4. The van der Waals surface area contributed by atoms with Crippen molar-refractivity contribution >= 4 is 32.4 Å². The second-order valence-electron chi connectivity index (χ2n) is 8.06. The van der Waals surface area contributed by atoms with Crippen LogP contribution in [0.2, 0.25) is 0 Å². The predicted octanol–water partition coefficient (Wildman–Crippen LogP) is 2.33. The van der Waals surface area contributed by atoms with Gasteiger partial charge >= 0.3 is 0 Å². The molecule has 2 aromatic carbocycles. The second-order valence-corrected chi connectivity index (χ2v) is 11.2. The van der Waals surface area contributed by atoms with Crippen molar-refractivity contribution in [2.75, 3.05) is 38.3 Å². The molecule has 1 fully saturated rings. The molecule has 12 heteroatoms. The van der Waals surface area contributed by atoms with Gasteiger partial charge in [-0.25, -0.2) is 8.42 Å². The predicted molar refractivity (Wildman–Crippen MR) is 126 cm³/mol. The fourth-order valence-corrected chi connectivity index (χ4v) is 6.23. The van der Waals surface area contributed by atoms with Gasteiger partial charge in [0.25, 0.3) is 15.9 Å². The van der Waals surface area contributed by atoms with Crippen LogP contribution in [0.5, 0.6) is 11.5 Å². The number of carbonyl (C=O) groups is 1. The number of carbonyl (C=O) groups excluding carboxylic acids is 1. The van der Waals surface area contributed by atoms with Crippen molar-refractivity contribution < 1.29 is 22.7 Å². The third-order valence-electron chi connectivity index (χ3n) is 5.68. The Kier molecular flexibility index (Phi) is 6.21. The topological polar surface area (TPSA) is 114 Å². The first-order valence-corrected chi connectivity index (χ1v) is 13.0. The Morgan fingerprint density at radius 1 is 1.03 bits per heavy atom. The lowest BCUT2D eigenvalue weighted by Gasteiger charge is -2.33. The number of piperazine rings is 1. The molecule has 1 N–H and O–H groups in total. The number of nitrogens with one attached hydrogen (secondary N) is 1. The van der Waals surface area contributed by atoms with E-state index < -0.39 is 10.0 Å². The highest BCUT2D eigenvalue weighted by Gasteiger charge is 2.32. The van der Waals surface area contributed by atoms with Crippen molar-refractivity contribution in [2.45, 2.75) is 17.8 Å². The Balaban J connectivity index is 1.18. The van der Waals surface area contributed by atoms with Gasteiger partial charge in [-0.3, -0.25) is 15.0 Å². The number of anilines is 1. The van der Waals surface area contributed by atoms with Crippen molar-refractivity contribution in [1.82, 2.24) is 19.4 Å². The standard InChI is InChI=1S/C22H23N5O5S2/c1-15-2-5-17(6-3-15)20(28)23-21-24-25-22(33-21)34(29,30)27-10-8-26(9-11-27)13-16-4-7-18-19(12-16)32-14-31-18/h2-7,12H,8-11,13-14H2,1H3,(H,23,24,28). The van der Waals surface area contributed by atoms with Gasteiger partial charge in [0.1, 0.15) is 0 Å². The minimum absolute atomic E-state index is 0.129. The molecule has 2 aliphatic heterocycles. The van der Waals surface area contributed by atoms with Gasteiger partial charge in [0, 0.05) is 38.3 Å². The van der Waals surface area contributed by atoms with E-state index in [9.17, 15) is 13.2 Å². The van der Waals surface area contributed by atoms with Gasteiger partial charge < -0.3 is 9.47 Å². The molecule has 1 amide bonds. The van der Waals surface area contributed by atoms with Crippen LogP contribution < -0.4 is 14.8 Å². The van der Waals surface area contributed by atoms with Gasteiger partial charge in [-0.1, -0.05) is 35.1 Å². The summed E-state index contributed by atoms with van der Waals surface area (Å²) in [7, 11) is -3.79. The molecule has 3 aromatic rings. The minimum atomic E-state index is -3.79. The second kappa shape index (κ2) is 9.29. The first-order valence-electron chi connectivity index (χ1n) is 10.7. The van der Waals surface area contributed by atoms with Gasteiger partial charge in [-0.05, 0) is 36.8 Å². The van der Waals surface area contributed by atoms with Crippen molar-refractivity contribution in [1.29, 1.82) is 0 Å². The Hall–Kier alpha value is -3.06. The Labute approximate surface area is 201 Å². The van der Waals surface area contributed by atoms with Crippen LogP contribution in [0.1, 0.15) is 21.5 Å². The molecule has 0 unspecified atom stereocenters. The molecule has 178 valence electrons. The minimum Gasteiger partial charge on any atom is -0.454 e. The van der Waals surface area contributed by atoms with Crippen molar-refractivity contribution in [3.8, 4) is 11.5 Å². The molecule has 0 spiro atoms. The summed E-state index contributed by atoms with van der Waals surface area (Å²) >= 11 is 0.851. The number of fused-ring (bicyclic) bond motifs is 1. The number of hydrogen-bond acceptors (Lipinski definition) is 9. The Morgan fingerprint density at radius 3 is 2.53 bits per heavy atom. The maximum Gasteiger partial charge on any atom is 0.272 e. The third-order valence-corrected chi connectivity index (χ3v) is 8.76. The number of ether oxygens (including phenoxy) is 2. The average molecular weight is 502 g/mol. The first-order chi connectivity index (χ1) is 16.4.